The maximum absolute atomic E-state index is 12.6. The van der Waals surface area contributed by atoms with Crippen molar-refractivity contribution in [3.63, 3.8) is 0 Å². The first-order valence-electron chi connectivity index (χ1n) is 17.5. The molecule has 1 atom stereocenters. The Bertz CT molecular complexity index is 1010. The maximum Gasteiger partial charge on any atom is 0.138 e. The van der Waals surface area contributed by atoms with Crippen molar-refractivity contribution in [2.45, 2.75) is 174 Å². The second kappa shape index (κ2) is 14.8. The maximum atomic E-state index is 12.6. The Morgan fingerprint density at radius 2 is 1.12 bits per heavy atom. The number of carbonyl (C=O) groups is 1. The van der Waals surface area contributed by atoms with Gasteiger partial charge in [0, 0.05) is 11.8 Å². The van der Waals surface area contributed by atoms with Crippen LogP contribution in [0, 0.1) is 38.4 Å². The molecule has 1 unspecified atom stereocenters. The first-order chi connectivity index (χ1) is 19.3. The molecule has 0 aliphatic heterocycles. The third-order valence-corrected chi connectivity index (χ3v) is 10.9. The molecule has 0 bridgehead atoms. The number of carbonyl (C=O) groups excluding carboxylic acids is 1. The van der Waals surface area contributed by atoms with E-state index in [2.05, 4.69) is 146 Å². The van der Waals surface area contributed by atoms with Gasteiger partial charge in [-0.15, -0.1) is 0 Å². The number of hydrogen-bond donors (Lipinski definition) is 0. The molecule has 0 amide bonds. The van der Waals surface area contributed by atoms with Crippen LogP contribution in [0.3, 0.4) is 0 Å². The Morgan fingerprint density at radius 1 is 0.651 bits per heavy atom. The summed E-state index contributed by atoms with van der Waals surface area (Å²) in [5, 5.41) is 0. The van der Waals surface area contributed by atoms with Crippen molar-refractivity contribution in [3.8, 4) is 0 Å². The Labute approximate surface area is 270 Å². The summed E-state index contributed by atoms with van der Waals surface area (Å²) in [4.78, 5) is 12.6. The Balaban J connectivity index is 2.72. The highest BCUT2D eigenvalue weighted by molar-refractivity contribution is 5.83. The molecule has 0 N–H and O–H groups in total. The lowest BCUT2D eigenvalue weighted by molar-refractivity contribution is -0.128. The smallest absolute Gasteiger partial charge is 0.138 e. The second-order valence-corrected chi connectivity index (χ2v) is 19.4. The van der Waals surface area contributed by atoms with E-state index >= 15 is 0 Å². The summed E-state index contributed by atoms with van der Waals surface area (Å²) >= 11 is 0. The van der Waals surface area contributed by atoms with Crippen molar-refractivity contribution in [2.24, 2.45) is 38.4 Å². The molecule has 1 nitrogen and oxygen atoms in total. The van der Waals surface area contributed by atoms with Gasteiger partial charge in [0.1, 0.15) is 5.78 Å². The van der Waals surface area contributed by atoms with Crippen molar-refractivity contribution >= 4 is 5.78 Å². The van der Waals surface area contributed by atoms with Crippen molar-refractivity contribution in [1.82, 2.24) is 0 Å². The number of allylic oxidation sites excluding steroid dienone is 2. The minimum Gasteiger partial charge on any atom is -0.299 e. The van der Waals surface area contributed by atoms with Crippen LogP contribution in [-0.2, 0) is 10.2 Å². The zero-order valence-electron chi connectivity index (χ0n) is 31.9. The molecule has 0 radical (unpaired) electrons. The van der Waals surface area contributed by atoms with E-state index in [0.29, 0.717) is 23.5 Å². The molecule has 43 heavy (non-hydrogen) atoms. The number of hydrogen-bond acceptors (Lipinski definition) is 1. The Morgan fingerprint density at radius 3 is 1.60 bits per heavy atom. The van der Waals surface area contributed by atoms with Gasteiger partial charge in [0.25, 0.3) is 0 Å². The van der Waals surface area contributed by atoms with Gasteiger partial charge in [0.15, 0.2) is 0 Å². The molecular weight excluding hydrogens is 520 g/mol. The molecule has 1 aromatic carbocycles. The van der Waals surface area contributed by atoms with E-state index in [0.717, 1.165) is 25.7 Å². The molecule has 248 valence electrons. The van der Waals surface area contributed by atoms with Crippen molar-refractivity contribution in [2.75, 3.05) is 0 Å². The number of benzene rings is 1. The predicted molar refractivity (Wildman–Crippen MR) is 193 cm³/mol. The molecule has 0 spiro atoms. The molecule has 0 saturated carbocycles. The van der Waals surface area contributed by atoms with E-state index < -0.39 is 0 Å². The van der Waals surface area contributed by atoms with Gasteiger partial charge >= 0.3 is 0 Å². The van der Waals surface area contributed by atoms with Gasteiger partial charge < -0.3 is 0 Å². The van der Waals surface area contributed by atoms with Crippen LogP contribution < -0.4 is 0 Å². The van der Waals surface area contributed by atoms with Gasteiger partial charge in [-0.1, -0.05) is 160 Å². The van der Waals surface area contributed by atoms with E-state index in [1.165, 1.54) is 31.2 Å². The molecule has 0 aromatic heterocycles. The van der Waals surface area contributed by atoms with Crippen LogP contribution in [0.5, 0.6) is 0 Å². The average molecular weight is 595 g/mol. The average Bonchev–Trinajstić information content (AvgIpc) is 2.84. The van der Waals surface area contributed by atoms with Crippen LogP contribution in [0.25, 0.3) is 0 Å². The first kappa shape index (κ1) is 39.7. The fraction of sp³-hybridized carbons (Fsp3) is 0.786. The molecule has 0 aliphatic carbocycles. The van der Waals surface area contributed by atoms with Crippen molar-refractivity contribution in [1.29, 1.82) is 0 Å². The minimum atomic E-state index is -0.255. The highest BCUT2D eigenvalue weighted by Gasteiger charge is 2.44. The summed E-state index contributed by atoms with van der Waals surface area (Å²) in [6, 6.07) is 11.0. The van der Waals surface area contributed by atoms with Crippen LogP contribution in [0.15, 0.2) is 42.5 Å². The van der Waals surface area contributed by atoms with E-state index in [9.17, 15) is 4.79 Å². The Kier molecular flexibility index (Phi) is 13.7. The fourth-order valence-corrected chi connectivity index (χ4v) is 8.69. The Hall–Kier alpha value is -1.37. The standard InChI is InChI=1S/C42H74O/c1-17-35(43)42(15,16)32-38(7,8)31-41(13,14)33(2)40(11,12)30-37(5,6)27-22-21-26-36(3,4)28-23-29-39(9,10)34-24-19-18-20-25-34/h18-22,24-25,33H,17,23,26-32H2,1-16H3. The molecule has 1 rings (SSSR count). The van der Waals surface area contributed by atoms with Crippen LogP contribution in [0.1, 0.15) is 174 Å². The first-order valence-corrected chi connectivity index (χ1v) is 17.5. The number of ketones is 1. The van der Waals surface area contributed by atoms with E-state index in [-0.39, 0.29) is 32.5 Å². The van der Waals surface area contributed by atoms with Gasteiger partial charge in [0.2, 0.25) is 0 Å². The summed E-state index contributed by atoms with van der Waals surface area (Å²) in [5.41, 5.74) is 2.52. The van der Waals surface area contributed by atoms with Crippen LogP contribution >= 0.6 is 0 Å². The highest BCUT2D eigenvalue weighted by atomic mass is 16.1. The zero-order chi connectivity index (χ0) is 33.5. The minimum absolute atomic E-state index is 0.116. The summed E-state index contributed by atoms with van der Waals surface area (Å²) in [7, 11) is 0. The predicted octanol–water partition coefficient (Wildman–Crippen LogP) is 13.4. The summed E-state index contributed by atoms with van der Waals surface area (Å²) in [6.07, 6.45) is 14.9. The lowest BCUT2D eigenvalue weighted by Crippen LogP contribution is -2.41. The highest BCUT2D eigenvalue weighted by Crippen LogP contribution is 2.53. The van der Waals surface area contributed by atoms with Crippen LogP contribution in [0.2, 0.25) is 0 Å². The largest absolute Gasteiger partial charge is 0.299 e. The van der Waals surface area contributed by atoms with E-state index in [1.807, 2.05) is 6.92 Å². The summed E-state index contributed by atoms with van der Waals surface area (Å²) < 4.78 is 0. The molecule has 0 heterocycles. The second-order valence-electron chi connectivity index (χ2n) is 19.4. The molecular formula is C42H74O. The van der Waals surface area contributed by atoms with E-state index in [1.54, 1.807) is 0 Å². The molecule has 1 heteroatoms. The topological polar surface area (TPSA) is 17.1 Å². The lowest BCUT2D eigenvalue weighted by Gasteiger charge is -2.49. The normalized spacial score (nSPS) is 15.3. The molecule has 0 saturated heterocycles. The number of rotatable bonds is 19. The van der Waals surface area contributed by atoms with Gasteiger partial charge in [-0.2, -0.15) is 0 Å². The van der Waals surface area contributed by atoms with E-state index in [4.69, 9.17) is 0 Å². The fourth-order valence-electron chi connectivity index (χ4n) is 8.69. The van der Waals surface area contributed by atoms with Crippen LogP contribution in [-0.4, -0.2) is 5.78 Å². The monoisotopic (exact) mass is 595 g/mol. The summed E-state index contributed by atoms with van der Waals surface area (Å²) in [5.74, 6) is 0.948. The van der Waals surface area contributed by atoms with Gasteiger partial charge in [-0.05, 0) is 88.9 Å². The van der Waals surface area contributed by atoms with Gasteiger partial charge in [0.05, 0.1) is 0 Å². The molecule has 0 fully saturated rings. The van der Waals surface area contributed by atoms with Gasteiger partial charge in [-0.3, -0.25) is 4.79 Å². The zero-order valence-corrected chi connectivity index (χ0v) is 31.9. The third-order valence-electron chi connectivity index (χ3n) is 10.9. The summed E-state index contributed by atoms with van der Waals surface area (Å²) in [6.45, 7) is 38.0. The molecule has 0 aliphatic rings. The quantitative estimate of drug-likeness (QED) is 0.146. The lowest BCUT2D eigenvalue weighted by atomic mass is 9.56. The van der Waals surface area contributed by atoms with Gasteiger partial charge in [-0.25, -0.2) is 0 Å². The SMILES string of the molecule is CCC(=O)C(C)(C)CC(C)(C)CC(C)(C)C(C)C(C)(C)CC(C)(C)CC=CCC(C)(C)CCCC(C)(C)c1ccccc1. The van der Waals surface area contributed by atoms with Crippen molar-refractivity contribution in [3.05, 3.63) is 48.0 Å². The number of Topliss-reactive ketones (excluding diaryl/α,β-unsaturated/α-hetero) is 1. The van der Waals surface area contributed by atoms with Crippen molar-refractivity contribution < 1.29 is 4.79 Å². The van der Waals surface area contributed by atoms with Crippen LogP contribution in [0.4, 0.5) is 0 Å². The third kappa shape index (κ3) is 13.3. The molecule has 1 aromatic rings.